The van der Waals surface area contributed by atoms with Crippen LogP contribution in [0.5, 0.6) is 0 Å². The third kappa shape index (κ3) is 3.41. The van der Waals surface area contributed by atoms with Crippen LogP contribution in [0.2, 0.25) is 0 Å². The van der Waals surface area contributed by atoms with Gasteiger partial charge in [0.1, 0.15) is 0 Å². The topological polar surface area (TPSA) is 20.3 Å². The molecule has 0 atom stereocenters. The number of hydrogen-bond acceptors (Lipinski definition) is 1. The summed E-state index contributed by atoms with van der Waals surface area (Å²) in [6, 6.07) is 18.4. The normalized spacial score (nSPS) is 10.2. The fraction of sp³-hybridized carbons (Fsp3) is 0.188. The van der Waals surface area contributed by atoms with Gasteiger partial charge >= 0.3 is 0 Å². The van der Waals surface area contributed by atoms with E-state index in [2.05, 4.69) is 0 Å². The first-order valence-corrected chi connectivity index (χ1v) is 6.31. The quantitative estimate of drug-likeness (QED) is 0.800. The van der Waals surface area contributed by atoms with Crippen LogP contribution in [0, 0.1) is 0 Å². The van der Waals surface area contributed by atoms with Crippen molar-refractivity contribution in [3.05, 3.63) is 66.2 Å². The lowest BCUT2D eigenvalue weighted by Gasteiger charge is -2.22. The van der Waals surface area contributed by atoms with Crippen molar-refractivity contribution in [3.63, 3.8) is 0 Å². The molecule has 0 N–H and O–H groups in total. The molecule has 0 bridgehead atoms. The Bertz CT molecular complexity index is 513. The van der Waals surface area contributed by atoms with Crippen molar-refractivity contribution in [2.75, 3.05) is 18.1 Å². The van der Waals surface area contributed by atoms with E-state index in [0.717, 1.165) is 5.69 Å². The Hall–Kier alpha value is -2.16. The Kier molecular flexibility index (Phi) is 4.67. The van der Waals surface area contributed by atoms with E-state index in [1.165, 1.54) is 0 Å². The predicted octanol–water partition coefficient (Wildman–Crippen LogP) is 3.69. The number of carbonyl (C=O) groups is 1. The van der Waals surface area contributed by atoms with Gasteiger partial charge in [-0.3, -0.25) is 9.18 Å². The zero-order valence-electron chi connectivity index (χ0n) is 10.6. The van der Waals surface area contributed by atoms with E-state index >= 15 is 0 Å². The molecule has 2 aromatic carbocycles. The second-order valence-corrected chi connectivity index (χ2v) is 4.20. The van der Waals surface area contributed by atoms with Gasteiger partial charge in [-0.05, 0) is 30.7 Å². The van der Waals surface area contributed by atoms with E-state index in [-0.39, 0.29) is 5.91 Å². The number of hydrogen-bond donors (Lipinski definition) is 0. The Morgan fingerprint density at radius 2 is 1.53 bits per heavy atom. The van der Waals surface area contributed by atoms with Gasteiger partial charge in [-0.2, -0.15) is 0 Å². The Balaban J connectivity index is 2.25. The predicted molar refractivity (Wildman–Crippen MR) is 75.2 cm³/mol. The van der Waals surface area contributed by atoms with Crippen LogP contribution in [0.4, 0.5) is 10.1 Å². The molecule has 2 nitrogen and oxygen atoms in total. The highest BCUT2D eigenvalue weighted by Crippen LogP contribution is 2.17. The van der Waals surface area contributed by atoms with Crippen molar-refractivity contribution >= 4 is 11.6 Å². The third-order valence-corrected chi connectivity index (χ3v) is 2.85. The molecule has 0 aliphatic heterocycles. The highest BCUT2D eigenvalue weighted by atomic mass is 19.1. The maximum atomic E-state index is 12.5. The molecule has 0 radical (unpaired) electrons. The molecule has 0 aliphatic carbocycles. The van der Waals surface area contributed by atoms with Gasteiger partial charge in [-0.25, -0.2) is 0 Å². The van der Waals surface area contributed by atoms with Crippen molar-refractivity contribution < 1.29 is 9.18 Å². The number of para-hydroxylation sites is 1. The Labute approximate surface area is 112 Å². The van der Waals surface area contributed by atoms with Crippen LogP contribution in [-0.2, 0) is 0 Å². The molecular weight excluding hydrogens is 241 g/mol. The van der Waals surface area contributed by atoms with Crippen LogP contribution in [-0.4, -0.2) is 19.1 Å². The van der Waals surface area contributed by atoms with Crippen LogP contribution >= 0.6 is 0 Å². The van der Waals surface area contributed by atoms with Gasteiger partial charge in [-0.15, -0.1) is 0 Å². The van der Waals surface area contributed by atoms with Crippen LogP contribution in [0.25, 0.3) is 0 Å². The van der Waals surface area contributed by atoms with E-state index < -0.39 is 6.67 Å². The van der Waals surface area contributed by atoms with Crippen LogP contribution in [0.3, 0.4) is 0 Å². The molecule has 0 aliphatic rings. The van der Waals surface area contributed by atoms with Crippen molar-refractivity contribution in [2.45, 2.75) is 6.42 Å². The van der Waals surface area contributed by atoms with Crippen LogP contribution in [0.15, 0.2) is 60.7 Å². The molecule has 0 saturated heterocycles. The number of alkyl halides is 1. The molecule has 0 spiro atoms. The number of benzene rings is 2. The molecule has 0 aromatic heterocycles. The maximum absolute atomic E-state index is 12.5. The minimum atomic E-state index is -0.425. The first-order valence-electron chi connectivity index (χ1n) is 6.31. The Morgan fingerprint density at radius 1 is 0.947 bits per heavy atom. The molecule has 0 saturated carbocycles. The minimum absolute atomic E-state index is 0.0970. The summed E-state index contributed by atoms with van der Waals surface area (Å²) < 4.78 is 12.4. The van der Waals surface area contributed by atoms with Gasteiger partial charge in [0.05, 0.1) is 6.67 Å². The average molecular weight is 257 g/mol. The fourth-order valence-corrected chi connectivity index (χ4v) is 1.91. The lowest BCUT2D eigenvalue weighted by molar-refractivity contribution is 0.0986. The highest BCUT2D eigenvalue weighted by Gasteiger charge is 2.16. The van der Waals surface area contributed by atoms with Gasteiger partial charge in [0.15, 0.2) is 0 Å². The zero-order chi connectivity index (χ0) is 13.5. The number of amides is 1. The van der Waals surface area contributed by atoms with Gasteiger partial charge in [0.25, 0.3) is 5.91 Å². The lowest BCUT2D eigenvalue weighted by atomic mass is 10.1. The monoisotopic (exact) mass is 257 g/mol. The van der Waals surface area contributed by atoms with E-state index in [9.17, 15) is 9.18 Å². The molecule has 0 heterocycles. The standard InChI is InChI=1S/C16H16FNO/c17-12-7-13-18(15-10-5-2-6-11-15)16(19)14-8-3-1-4-9-14/h1-6,8-11H,7,12-13H2. The van der Waals surface area contributed by atoms with E-state index in [0.29, 0.717) is 18.5 Å². The zero-order valence-corrected chi connectivity index (χ0v) is 10.6. The maximum Gasteiger partial charge on any atom is 0.258 e. The van der Waals surface area contributed by atoms with E-state index in [4.69, 9.17) is 0 Å². The summed E-state index contributed by atoms with van der Waals surface area (Å²) in [4.78, 5) is 14.1. The van der Waals surface area contributed by atoms with Crippen molar-refractivity contribution in [1.29, 1.82) is 0 Å². The molecule has 19 heavy (non-hydrogen) atoms. The van der Waals surface area contributed by atoms with Gasteiger partial charge in [-0.1, -0.05) is 36.4 Å². The third-order valence-electron chi connectivity index (χ3n) is 2.85. The summed E-state index contributed by atoms with van der Waals surface area (Å²) in [7, 11) is 0. The van der Waals surface area contributed by atoms with Crippen molar-refractivity contribution in [2.24, 2.45) is 0 Å². The summed E-state index contributed by atoms with van der Waals surface area (Å²) in [6.45, 7) is -0.0420. The summed E-state index contributed by atoms with van der Waals surface area (Å²) >= 11 is 0. The van der Waals surface area contributed by atoms with Gasteiger partial charge in [0.2, 0.25) is 0 Å². The molecule has 0 unspecified atom stereocenters. The SMILES string of the molecule is O=C(c1ccccc1)N(CCCF)c1ccccc1. The summed E-state index contributed by atoms with van der Waals surface area (Å²) in [5, 5.41) is 0. The summed E-state index contributed by atoms with van der Waals surface area (Å²) in [5.74, 6) is -0.0970. The number of halogens is 1. The summed E-state index contributed by atoms with van der Waals surface area (Å²) in [5.41, 5.74) is 1.41. The smallest absolute Gasteiger partial charge is 0.258 e. The first kappa shape index (κ1) is 13.3. The molecule has 0 fully saturated rings. The molecule has 3 heteroatoms. The second kappa shape index (κ2) is 6.69. The molecule has 98 valence electrons. The largest absolute Gasteiger partial charge is 0.308 e. The van der Waals surface area contributed by atoms with Gasteiger partial charge < -0.3 is 4.90 Å². The van der Waals surface area contributed by atoms with Crippen molar-refractivity contribution in [1.82, 2.24) is 0 Å². The molecule has 2 aromatic rings. The van der Waals surface area contributed by atoms with E-state index in [1.807, 2.05) is 48.5 Å². The average Bonchev–Trinajstić information content (AvgIpc) is 2.49. The number of anilines is 1. The molecule has 1 amide bonds. The lowest BCUT2D eigenvalue weighted by Crippen LogP contribution is -2.32. The Morgan fingerprint density at radius 3 is 2.11 bits per heavy atom. The van der Waals surface area contributed by atoms with Crippen LogP contribution < -0.4 is 4.90 Å². The number of rotatable bonds is 5. The van der Waals surface area contributed by atoms with E-state index in [1.54, 1.807) is 17.0 Å². The summed E-state index contributed by atoms with van der Waals surface area (Å²) in [6.07, 6.45) is 0.341. The second-order valence-electron chi connectivity index (χ2n) is 4.20. The first-order chi connectivity index (χ1) is 9.33. The molecule has 2 rings (SSSR count). The van der Waals surface area contributed by atoms with Gasteiger partial charge in [0, 0.05) is 17.8 Å². The molecular formula is C16H16FNO. The van der Waals surface area contributed by atoms with Crippen molar-refractivity contribution in [3.8, 4) is 0 Å². The fourth-order valence-electron chi connectivity index (χ4n) is 1.91. The number of carbonyl (C=O) groups excluding carboxylic acids is 1. The highest BCUT2D eigenvalue weighted by molar-refractivity contribution is 6.06. The van der Waals surface area contributed by atoms with Crippen LogP contribution in [0.1, 0.15) is 16.8 Å². The minimum Gasteiger partial charge on any atom is -0.308 e. The number of nitrogens with zero attached hydrogens (tertiary/aromatic N) is 1.